The molecule has 1 saturated heterocycles. The summed E-state index contributed by atoms with van der Waals surface area (Å²) >= 11 is 0. The lowest BCUT2D eigenvalue weighted by atomic mass is 10.1. The SMILES string of the molecule is CNC.N#Cc1cc2c(cn1)[nH]c1nccc(N3CCCC3)c12. The lowest BCUT2D eigenvalue weighted by molar-refractivity contribution is 0.949. The van der Waals surface area contributed by atoms with Gasteiger partial charge >= 0.3 is 0 Å². The highest BCUT2D eigenvalue weighted by atomic mass is 15.1. The highest BCUT2D eigenvalue weighted by Gasteiger charge is 2.18. The molecule has 0 saturated carbocycles. The van der Waals surface area contributed by atoms with Gasteiger partial charge in [0.05, 0.1) is 17.1 Å². The Labute approximate surface area is 135 Å². The van der Waals surface area contributed by atoms with Gasteiger partial charge in [0.25, 0.3) is 0 Å². The molecule has 0 unspecified atom stereocenters. The second-order valence-electron chi connectivity index (χ2n) is 5.60. The van der Waals surface area contributed by atoms with E-state index < -0.39 is 0 Å². The fourth-order valence-electron chi connectivity index (χ4n) is 2.98. The molecule has 6 heteroatoms. The second kappa shape index (κ2) is 6.63. The van der Waals surface area contributed by atoms with E-state index in [1.54, 1.807) is 6.20 Å². The molecule has 4 rings (SSSR count). The van der Waals surface area contributed by atoms with Crippen LogP contribution < -0.4 is 10.2 Å². The van der Waals surface area contributed by atoms with Crippen LogP contribution in [0.3, 0.4) is 0 Å². The van der Waals surface area contributed by atoms with Gasteiger partial charge in [-0.2, -0.15) is 5.26 Å². The minimum Gasteiger partial charge on any atom is -0.371 e. The molecule has 0 bridgehead atoms. The monoisotopic (exact) mass is 308 g/mol. The van der Waals surface area contributed by atoms with Crippen molar-refractivity contribution in [3.05, 3.63) is 30.2 Å². The van der Waals surface area contributed by atoms with Gasteiger partial charge in [-0.3, -0.25) is 0 Å². The second-order valence-corrected chi connectivity index (χ2v) is 5.60. The van der Waals surface area contributed by atoms with Crippen LogP contribution in [0.15, 0.2) is 24.5 Å². The maximum atomic E-state index is 9.04. The number of nitriles is 1. The molecular formula is C17H20N6. The van der Waals surface area contributed by atoms with Crippen LogP contribution in [-0.4, -0.2) is 42.1 Å². The lowest BCUT2D eigenvalue weighted by Gasteiger charge is -2.18. The van der Waals surface area contributed by atoms with E-state index in [-0.39, 0.29) is 0 Å². The number of aromatic amines is 1. The van der Waals surface area contributed by atoms with Crippen LogP contribution in [0, 0.1) is 11.3 Å². The summed E-state index contributed by atoms with van der Waals surface area (Å²) in [5.41, 5.74) is 3.43. The molecule has 2 N–H and O–H groups in total. The molecule has 0 amide bonds. The minimum atomic E-state index is 0.439. The van der Waals surface area contributed by atoms with Crippen LogP contribution in [0.1, 0.15) is 18.5 Å². The van der Waals surface area contributed by atoms with E-state index in [2.05, 4.69) is 37.3 Å². The first-order valence-corrected chi connectivity index (χ1v) is 7.78. The van der Waals surface area contributed by atoms with Crippen molar-refractivity contribution in [2.45, 2.75) is 12.8 Å². The van der Waals surface area contributed by atoms with E-state index in [4.69, 9.17) is 5.26 Å². The molecule has 1 aliphatic heterocycles. The predicted octanol–water partition coefficient (Wildman–Crippen LogP) is 2.42. The molecule has 0 atom stereocenters. The van der Waals surface area contributed by atoms with Gasteiger partial charge in [0, 0.05) is 30.4 Å². The Hall–Kier alpha value is -2.65. The van der Waals surface area contributed by atoms with Crippen LogP contribution in [0.5, 0.6) is 0 Å². The number of nitrogens with zero attached hydrogens (tertiary/aromatic N) is 4. The standard InChI is InChI=1S/C15H13N5.C2H7N/c16-8-10-7-11-12(9-18-10)19-15-14(11)13(3-4-17-15)20-5-1-2-6-20;1-3-2/h3-4,7,9H,1-2,5-6H2,(H,17,19);3H,1-2H3. The summed E-state index contributed by atoms with van der Waals surface area (Å²) < 4.78 is 0. The zero-order valence-corrected chi connectivity index (χ0v) is 13.4. The third-order valence-electron chi connectivity index (χ3n) is 3.92. The van der Waals surface area contributed by atoms with Crippen LogP contribution in [0.4, 0.5) is 5.69 Å². The number of rotatable bonds is 1. The molecule has 23 heavy (non-hydrogen) atoms. The molecule has 0 radical (unpaired) electrons. The van der Waals surface area contributed by atoms with Gasteiger partial charge in [0.2, 0.25) is 0 Å². The normalized spacial score (nSPS) is 13.9. The van der Waals surface area contributed by atoms with Gasteiger partial charge in [-0.25, -0.2) is 9.97 Å². The fraction of sp³-hybridized carbons (Fsp3) is 0.353. The quantitative estimate of drug-likeness (QED) is 0.721. The summed E-state index contributed by atoms with van der Waals surface area (Å²) in [6.45, 7) is 2.17. The van der Waals surface area contributed by atoms with E-state index in [1.807, 2.05) is 26.4 Å². The van der Waals surface area contributed by atoms with Crippen LogP contribution in [0.2, 0.25) is 0 Å². The van der Waals surface area contributed by atoms with Gasteiger partial charge in [-0.1, -0.05) is 0 Å². The lowest BCUT2D eigenvalue weighted by Crippen LogP contribution is -2.17. The van der Waals surface area contributed by atoms with Gasteiger partial charge in [-0.15, -0.1) is 0 Å². The smallest absolute Gasteiger partial charge is 0.141 e. The minimum absolute atomic E-state index is 0.439. The number of anilines is 1. The molecule has 0 aliphatic carbocycles. The Morgan fingerprint density at radius 2 is 2.00 bits per heavy atom. The van der Waals surface area contributed by atoms with Crippen molar-refractivity contribution in [2.75, 3.05) is 32.1 Å². The highest BCUT2D eigenvalue weighted by Crippen LogP contribution is 2.34. The number of fused-ring (bicyclic) bond motifs is 3. The predicted molar refractivity (Wildman–Crippen MR) is 92.5 cm³/mol. The summed E-state index contributed by atoms with van der Waals surface area (Å²) in [7, 11) is 3.75. The number of hydrogen-bond donors (Lipinski definition) is 2. The Balaban J connectivity index is 0.000000485. The molecule has 4 heterocycles. The summed E-state index contributed by atoms with van der Waals surface area (Å²) in [5, 5.41) is 13.9. The third kappa shape index (κ3) is 2.83. The third-order valence-corrected chi connectivity index (χ3v) is 3.92. The van der Waals surface area contributed by atoms with Crippen LogP contribution >= 0.6 is 0 Å². The number of pyridine rings is 2. The van der Waals surface area contributed by atoms with E-state index in [0.717, 1.165) is 35.0 Å². The summed E-state index contributed by atoms with van der Waals surface area (Å²) in [4.78, 5) is 14.2. The molecule has 0 spiro atoms. The van der Waals surface area contributed by atoms with Gasteiger partial charge in [-0.05, 0) is 39.1 Å². The Morgan fingerprint density at radius 3 is 2.70 bits per heavy atom. The number of aromatic nitrogens is 3. The van der Waals surface area contributed by atoms with Crippen LogP contribution in [0.25, 0.3) is 21.9 Å². The van der Waals surface area contributed by atoms with Crippen molar-refractivity contribution >= 4 is 27.6 Å². The summed E-state index contributed by atoms with van der Waals surface area (Å²) in [5.74, 6) is 0. The first kappa shape index (κ1) is 15.3. The Morgan fingerprint density at radius 1 is 1.26 bits per heavy atom. The van der Waals surface area contributed by atoms with Gasteiger partial charge < -0.3 is 15.2 Å². The molecular weight excluding hydrogens is 288 g/mol. The van der Waals surface area contributed by atoms with E-state index in [0.29, 0.717) is 5.69 Å². The van der Waals surface area contributed by atoms with Crippen molar-refractivity contribution in [1.29, 1.82) is 5.26 Å². The zero-order chi connectivity index (χ0) is 16.2. The Bertz CT molecular complexity index is 855. The number of nitrogens with one attached hydrogen (secondary N) is 2. The zero-order valence-electron chi connectivity index (χ0n) is 13.4. The van der Waals surface area contributed by atoms with Crippen LogP contribution in [-0.2, 0) is 0 Å². The van der Waals surface area contributed by atoms with Crippen molar-refractivity contribution in [2.24, 2.45) is 0 Å². The maximum Gasteiger partial charge on any atom is 0.141 e. The average Bonchev–Trinajstić information content (AvgIpc) is 3.22. The van der Waals surface area contributed by atoms with E-state index in [9.17, 15) is 0 Å². The average molecular weight is 308 g/mol. The first-order chi connectivity index (χ1) is 11.3. The topological polar surface area (TPSA) is 80.6 Å². The summed E-state index contributed by atoms with van der Waals surface area (Å²) in [6, 6.07) is 6.01. The van der Waals surface area contributed by atoms with Crippen molar-refractivity contribution in [1.82, 2.24) is 20.3 Å². The van der Waals surface area contributed by atoms with Crippen molar-refractivity contribution in [3.8, 4) is 6.07 Å². The molecule has 3 aromatic rings. The van der Waals surface area contributed by atoms with E-state index in [1.165, 1.54) is 18.5 Å². The number of H-pyrrole nitrogens is 1. The maximum absolute atomic E-state index is 9.04. The molecule has 118 valence electrons. The molecule has 1 aliphatic rings. The highest BCUT2D eigenvalue weighted by molar-refractivity contribution is 6.12. The fourth-order valence-corrected chi connectivity index (χ4v) is 2.98. The summed E-state index contributed by atoms with van der Waals surface area (Å²) in [6.07, 6.45) is 6.02. The largest absolute Gasteiger partial charge is 0.371 e. The molecule has 0 aromatic carbocycles. The molecule has 6 nitrogen and oxygen atoms in total. The van der Waals surface area contributed by atoms with Crippen molar-refractivity contribution < 1.29 is 0 Å². The van der Waals surface area contributed by atoms with Gasteiger partial charge in [0.15, 0.2) is 0 Å². The first-order valence-electron chi connectivity index (χ1n) is 7.78. The molecule has 3 aromatic heterocycles. The number of hydrogen-bond acceptors (Lipinski definition) is 5. The van der Waals surface area contributed by atoms with Crippen molar-refractivity contribution in [3.63, 3.8) is 0 Å². The van der Waals surface area contributed by atoms with Gasteiger partial charge in [0.1, 0.15) is 17.4 Å². The molecule has 1 fully saturated rings. The van der Waals surface area contributed by atoms with E-state index >= 15 is 0 Å². The Kier molecular flexibility index (Phi) is 4.40.